The number of carboxylic acids is 1. The SMILES string of the molecule is O=C(O)c1ccc([N+](=O)[O-])c(Sc2ncccn2)n1. The number of carbonyl (C=O) groups is 1. The van der Waals surface area contributed by atoms with E-state index in [-0.39, 0.29) is 21.6 Å². The van der Waals surface area contributed by atoms with Crippen molar-refractivity contribution in [3.8, 4) is 0 Å². The average molecular weight is 278 g/mol. The van der Waals surface area contributed by atoms with Crippen molar-refractivity contribution < 1.29 is 14.8 Å². The molecule has 0 atom stereocenters. The van der Waals surface area contributed by atoms with Crippen LogP contribution in [0, 0.1) is 10.1 Å². The Kier molecular flexibility index (Phi) is 3.66. The zero-order valence-corrected chi connectivity index (χ0v) is 10.1. The van der Waals surface area contributed by atoms with Gasteiger partial charge in [-0.3, -0.25) is 10.1 Å². The maximum absolute atomic E-state index is 10.9. The second-order valence-electron chi connectivity index (χ2n) is 3.22. The van der Waals surface area contributed by atoms with Gasteiger partial charge in [0.25, 0.3) is 0 Å². The first-order chi connectivity index (χ1) is 9.08. The molecule has 2 aromatic heterocycles. The van der Waals surface area contributed by atoms with Crippen LogP contribution < -0.4 is 0 Å². The predicted molar refractivity (Wildman–Crippen MR) is 64.0 cm³/mol. The monoisotopic (exact) mass is 278 g/mol. The van der Waals surface area contributed by atoms with Crippen molar-refractivity contribution in [1.29, 1.82) is 0 Å². The summed E-state index contributed by atoms with van der Waals surface area (Å²) >= 11 is 0.836. The highest BCUT2D eigenvalue weighted by Crippen LogP contribution is 2.30. The van der Waals surface area contributed by atoms with E-state index in [1.54, 1.807) is 6.07 Å². The van der Waals surface area contributed by atoms with Crippen LogP contribution in [-0.2, 0) is 0 Å². The molecule has 0 saturated carbocycles. The minimum Gasteiger partial charge on any atom is -0.477 e. The van der Waals surface area contributed by atoms with Crippen LogP contribution in [0.25, 0.3) is 0 Å². The van der Waals surface area contributed by atoms with E-state index >= 15 is 0 Å². The molecular weight excluding hydrogens is 272 g/mol. The first-order valence-corrected chi connectivity index (χ1v) is 5.73. The standard InChI is InChI=1S/C10H6N4O4S/c15-9(16)6-2-3-7(14(17)18)8(13-6)19-10-11-4-1-5-12-10/h1-5H,(H,15,16). The Bertz CT molecular complexity index is 635. The van der Waals surface area contributed by atoms with Crippen LogP contribution in [0.1, 0.15) is 10.5 Å². The van der Waals surface area contributed by atoms with Gasteiger partial charge in [0.05, 0.1) is 4.92 Å². The summed E-state index contributed by atoms with van der Waals surface area (Å²) in [7, 11) is 0. The fourth-order valence-corrected chi connectivity index (χ4v) is 1.98. The largest absolute Gasteiger partial charge is 0.477 e. The number of aromatic carboxylic acids is 1. The lowest BCUT2D eigenvalue weighted by atomic mass is 10.3. The third-order valence-corrected chi connectivity index (χ3v) is 2.87. The lowest BCUT2D eigenvalue weighted by Crippen LogP contribution is -2.03. The van der Waals surface area contributed by atoms with Crippen molar-refractivity contribution >= 4 is 23.4 Å². The fraction of sp³-hybridized carbons (Fsp3) is 0. The van der Waals surface area contributed by atoms with Gasteiger partial charge in [0.1, 0.15) is 5.69 Å². The molecule has 1 N–H and O–H groups in total. The van der Waals surface area contributed by atoms with Crippen LogP contribution >= 0.6 is 11.8 Å². The Morgan fingerprint density at radius 3 is 2.58 bits per heavy atom. The molecule has 0 fully saturated rings. The quantitative estimate of drug-likeness (QED) is 0.509. The van der Waals surface area contributed by atoms with Crippen molar-refractivity contribution in [2.45, 2.75) is 10.2 Å². The lowest BCUT2D eigenvalue weighted by molar-refractivity contribution is -0.388. The molecule has 96 valence electrons. The van der Waals surface area contributed by atoms with Gasteiger partial charge in [-0.15, -0.1) is 0 Å². The van der Waals surface area contributed by atoms with E-state index in [2.05, 4.69) is 15.0 Å². The molecule has 2 rings (SSSR count). The Morgan fingerprint density at radius 1 is 1.32 bits per heavy atom. The second-order valence-corrected chi connectivity index (χ2v) is 4.17. The average Bonchev–Trinajstić information content (AvgIpc) is 2.39. The molecule has 0 radical (unpaired) electrons. The van der Waals surface area contributed by atoms with Crippen LogP contribution in [0.3, 0.4) is 0 Å². The van der Waals surface area contributed by atoms with Gasteiger partial charge in [-0.2, -0.15) is 0 Å². The molecule has 0 saturated heterocycles. The minimum atomic E-state index is -1.26. The summed E-state index contributed by atoms with van der Waals surface area (Å²) in [5.41, 5.74) is -0.563. The zero-order chi connectivity index (χ0) is 13.8. The zero-order valence-electron chi connectivity index (χ0n) is 9.26. The summed E-state index contributed by atoms with van der Waals surface area (Å²) in [6, 6.07) is 3.78. The van der Waals surface area contributed by atoms with Gasteiger partial charge >= 0.3 is 11.7 Å². The highest BCUT2D eigenvalue weighted by atomic mass is 32.2. The van der Waals surface area contributed by atoms with Crippen molar-refractivity contribution in [3.05, 3.63) is 46.4 Å². The predicted octanol–water partition coefficient (Wildman–Crippen LogP) is 1.63. The number of aromatic nitrogens is 3. The maximum Gasteiger partial charge on any atom is 0.354 e. The van der Waals surface area contributed by atoms with E-state index in [1.807, 2.05) is 0 Å². The van der Waals surface area contributed by atoms with Crippen molar-refractivity contribution in [3.63, 3.8) is 0 Å². The van der Waals surface area contributed by atoms with Crippen LogP contribution in [0.5, 0.6) is 0 Å². The number of pyridine rings is 1. The smallest absolute Gasteiger partial charge is 0.354 e. The number of carboxylic acid groups (broad SMARTS) is 1. The van der Waals surface area contributed by atoms with Gasteiger partial charge in [-0.25, -0.2) is 19.7 Å². The Labute approximate surface area is 110 Å². The lowest BCUT2D eigenvalue weighted by Gasteiger charge is -2.01. The van der Waals surface area contributed by atoms with Crippen molar-refractivity contribution in [2.75, 3.05) is 0 Å². The van der Waals surface area contributed by atoms with Crippen LogP contribution in [-0.4, -0.2) is 31.0 Å². The van der Waals surface area contributed by atoms with Crippen LogP contribution in [0.4, 0.5) is 5.69 Å². The summed E-state index contributed by atoms with van der Waals surface area (Å²) in [5.74, 6) is -1.26. The molecule has 0 aliphatic carbocycles. The van der Waals surface area contributed by atoms with Gasteiger partial charge in [-0.1, -0.05) is 0 Å². The number of nitro groups is 1. The van der Waals surface area contributed by atoms with Crippen LogP contribution in [0.15, 0.2) is 40.8 Å². The molecule has 0 spiro atoms. The van der Waals surface area contributed by atoms with Crippen molar-refractivity contribution in [2.24, 2.45) is 0 Å². The first-order valence-electron chi connectivity index (χ1n) is 4.91. The van der Waals surface area contributed by atoms with E-state index in [1.165, 1.54) is 12.4 Å². The van der Waals surface area contributed by atoms with Gasteiger partial charge < -0.3 is 5.11 Å². The number of hydrogen-bond donors (Lipinski definition) is 1. The van der Waals surface area contributed by atoms with Gasteiger partial charge in [0, 0.05) is 18.5 Å². The Hall–Kier alpha value is -2.55. The second kappa shape index (κ2) is 5.40. The number of rotatable bonds is 4. The van der Waals surface area contributed by atoms with Gasteiger partial charge in [0.15, 0.2) is 10.2 Å². The highest BCUT2D eigenvalue weighted by Gasteiger charge is 2.20. The summed E-state index contributed by atoms with van der Waals surface area (Å²) in [6.07, 6.45) is 2.95. The molecule has 0 unspecified atom stereocenters. The molecule has 2 aromatic rings. The van der Waals surface area contributed by atoms with E-state index in [0.717, 1.165) is 23.9 Å². The van der Waals surface area contributed by atoms with Crippen LogP contribution in [0.2, 0.25) is 0 Å². The van der Waals surface area contributed by atoms with E-state index in [0.29, 0.717) is 0 Å². The molecular formula is C10H6N4O4S. The normalized spacial score (nSPS) is 10.1. The molecule has 0 aliphatic rings. The minimum absolute atomic E-state index is 0.0592. The van der Waals surface area contributed by atoms with Crippen molar-refractivity contribution in [1.82, 2.24) is 15.0 Å². The first kappa shape index (κ1) is 12.9. The van der Waals surface area contributed by atoms with Gasteiger partial charge in [0.2, 0.25) is 0 Å². The maximum atomic E-state index is 10.9. The highest BCUT2D eigenvalue weighted by molar-refractivity contribution is 7.99. The summed E-state index contributed by atoms with van der Waals surface area (Å²) in [6.45, 7) is 0. The van der Waals surface area contributed by atoms with E-state index < -0.39 is 10.9 Å². The molecule has 8 nitrogen and oxygen atoms in total. The Balaban J connectivity index is 2.43. The number of hydrogen-bond acceptors (Lipinski definition) is 7. The fourth-order valence-electron chi connectivity index (χ4n) is 1.19. The molecule has 0 aliphatic heterocycles. The third kappa shape index (κ3) is 3.01. The molecule has 0 bridgehead atoms. The molecule has 2 heterocycles. The summed E-state index contributed by atoms with van der Waals surface area (Å²) in [4.78, 5) is 32.5. The topological polar surface area (TPSA) is 119 Å². The van der Waals surface area contributed by atoms with Gasteiger partial charge in [-0.05, 0) is 23.9 Å². The third-order valence-electron chi connectivity index (χ3n) is 1.99. The number of nitrogens with zero attached hydrogens (tertiary/aromatic N) is 4. The molecule has 9 heteroatoms. The Morgan fingerprint density at radius 2 is 2.00 bits per heavy atom. The molecule has 19 heavy (non-hydrogen) atoms. The van der Waals surface area contributed by atoms with E-state index in [9.17, 15) is 14.9 Å². The molecule has 0 amide bonds. The molecule has 0 aromatic carbocycles. The summed E-state index contributed by atoms with van der Waals surface area (Å²) in [5, 5.41) is 19.9. The van der Waals surface area contributed by atoms with E-state index in [4.69, 9.17) is 5.11 Å². The summed E-state index contributed by atoms with van der Waals surface area (Å²) < 4.78 is 0.